The first-order valence-corrected chi connectivity index (χ1v) is 7.59. The molecule has 1 aromatic rings. The molecule has 1 N–H and O–H groups in total. The Morgan fingerprint density at radius 2 is 1.90 bits per heavy atom. The number of aryl methyl sites for hydroxylation is 2. The van der Waals surface area contributed by atoms with Crippen molar-refractivity contribution < 1.29 is 14.7 Å². The lowest BCUT2D eigenvalue weighted by molar-refractivity contribution is -0.137. The maximum absolute atomic E-state index is 12.4. The molecule has 1 amide bonds. The number of carboxylic acids is 1. The number of thiophene rings is 1. The van der Waals surface area contributed by atoms with Crippen LogP contribution in [-0.2, 0) is 4.79 Å². The van der Waals surface area contributed by atoms with E-state index in [2.05, 4.69) is 4.90 Å². The van der Waals surface area contributed by atoms with E-state index in [4.69, 9.17) is 5.11 Å². The molecule has 1 fully saturated rings. The highest BCUT2D eigenvalue weighted by molar-refractivity contribution is 7.12. The number of nitrogens with zero attached hydrogens (tertiary/aromatic N) is 2. The van der Waals surface area contributed by atoms with E-state index in [1.807, 2.05) is 24.8 Å². The highest BCUT2D eigenvalue weighted by Crippen LogP contribution is 2.22. The fourth-order valence-corrected chi connectivity index (χ4v) is 3.36. The van der Waals surface area contributed by atoms with E-state index < -0.39 is 5.97 Å². The van der Waals surface area contributed by atoms with Crippen LogP contribution in [0.25, 0.3) is 0 Å². The second-order valence-corrected chi connectivity index (χ2v) is 6.56. The number of carboxylic acid groups (broad SMARTS) is 1. The minimum atomic E-state index is -0.770. The number of carbonyl (C=O) groups excluding carboxylic acids is 1. The molecule has 0 bridgehead atoms. The van der Waals surface area contributed by atoms with Gasteiger partial charge in [-0.2, -0.15) is 0 Å². The highest BCUT2D eigenvalue weighted by Gasteiger charge is 2.24. The first-order valence-electron chi connectivity index (χ1n) is 6.78. The molecule has 2 rings (SSSR count). The van der Waals surface area contributed by atoms with Crippen molar-refractivity contribution in [3.8, 4) is 0 Å². The van der Waals surface area contributed by atoms with Gasteiger partial charge in [-0.3, -0.25) is 14.5 Å². The molecule has 110 valence electrons. The fourth-order valence-electron chi connectivity index (χ4n) is 2.44. The number of hydrogen-bond donors (Lipinski definition) is 1. The number of aliphatic carboxylic acids is 1. The average molecular weight is 296 g/mol. The Labute approximate surface area is 122 Å². The van der Waals surface area contributed by atoms with E-state index in [1.165, 1.54) is 0 Å². The minimum Gasteiger partial charge on any atom is -0.481 e. The molecule has 1 aromatic heterocycles. The summed E-state index contributed by atoms with van der Waals surface area (Å²) in [6, 6.07) is 1.96. The van der Waals surface area contributed by atoms with Crippen molar-refractivity contribution in [3.63, 3.8) is 0 Å². The summed E-state index contributed by atoms with van der Waals surface area (Å²) < 4.78 is 0. The summed E-state index contributed by atoms with van der Waals surface area (Å²) in [5.74, 6) is -0.669. The Morgan fingerprint density at radius 1 is 1.25 bits per heavy atom. The van der Waals surface area contributed by atoms with Crippen LogP contribution < -0.4 is 0 Å². The Kier molecular flexibility index (Phi) is 4.77. The summed E-state index contributed by atoms with van der Waals surface area (Å²) in [5, 5.41) is 8.68. The van der Waals surface area contributed by atoms with Crippen molar-refractivity contribution in [1.29, 1.82) is 0 Å². The van der Waals surface area contributed by atoms with Crippen LogP contribution in [0.5, 0.6) is 0 Å². The number of piperazine rings is 1. The van der Waals surface area contributed by atoms with Crippen molar-refractivity contribution in [2.24, 2.45) is 0 Å². The standard InChI is InChI=1S/C14H20N2O3S/c1-10-9-12(11(2)20-10)14(19)16-7-5-15(6-8-16)4-3-13(17)18/h9H,3-8H2,1-2H3,(H,17,18). The summed E-state index contributed by atoms with van der Waals surface area (Å²) in [7, 11) is 0. The molecule has 20 heavy (non-hydrogen) atoms. The van der Waals surface area contributed by atoms with E-state index in [-0.39, 0.29) is 12.3 Å². The summed E-state index contributed by atoms with van der Waals surface area (Å²) in [6.45, 7) is 7.40. The van der Waals surface area contributed by atoms with Crippen molar-refractivity contribution in [2.75, 3.05) is 32.7 Å². The lowest BCUT2D eigenvalue weighted by atomic mass is 10.2. The smallest absolute Gasteiger partial charge is 0.304 e. The SMILES string of the molecule is Cc1cc(C(=O)N2CCN(CCC(=O)O)CC2)c(C)s1. The Bertz CT molecular complexity index is 505. The summed E-state index contributed by atoms with van der Waals surface area (Å²) >= 11 is 1.65. The quantitative estimate of drug-likeness (QED) is 0.917. The van der Waals surface area contributed by atoms with Crippen LogP contribution in [0, 0.1) is 13.8 Å². The molecular weight excluding hydrogens is 276 g/mol. The maximum Gasteiger partial charge on any atom is 0.304 e. The van der Waals surface area contributed by atoms with Crippen LogP contribution >= 0.6 is 11.3 Å². The molecule has 1 saturated heterocycles. The number of carbonyl (C=O) groups is 2. The normalized spacial score (nSPS) is 16.4. The lowest BCUT2D eigenvalue weighted by Crippen LogP contribution is -2.49. The molecule has 2 heterocycles. The zero-order valence-corrected chi connectivity index (χ0v) is 12.7. The van der Waals surface area contributed by atoms with Crippen LogP contribution in [0.4, 0.5) is 0 Å². The third kappa shape index (κ3) is 3.58. The maximum atomic E-state index is 12.4. The van der Waals surface area contributed by atoms with Gasteiger partial charge in [-0.15, -0.1) is 11.3 Å². The van der Waals surface area contributed by atoms with E-state index >= 15 is 0 Å². The van der Waals surface area contributed by atoms with Crippen LogP contribution in [0.15, 0.2) is 6.07 Å². The second-order valence-electron chi connectivity index (χ2n) is 5.10. The van der Waals surface area contributed by atoms with Gasteiger partial charge in [0, 0.05) is 42.5 Å². The first-order chi connectivity index (χ1) is 9.47. The number of hydrogen-bond acceptors (Lipinski definition) is 4. The van der Waals surface area contributed by atoms with Crippen LogP contribution in [0.1, 0.15) is 26.5 Å². The monoisotopic (exact) mass is 296 g/mol. The van der Waals surface area contributed by atoms with Crippen molar-refractivity contribution in [3.05, 3.63) is 21.4 Å². The predicted octanol–water partition coefficient (Wildman–Crippen LogP) is 1.60. The molecule has 5 nitrogen and oxygen atoms in total. The summed E-state index contributed by atoms with van der Waals surface area (Å²) in [5.41, 5.74) is 0.812. The third-order valence-electron chi connectivity index (χ3n) is 3.57. The van der Waals surface area contributed by atoms with E-state index in [1.54, 1.807) is 11.3 Å². The van der Waals surface area contributed by atoms with Gasteiger partial charge in [0.05, 0.1) is 12.0 Å². The third-order valence-corrected chi connectivity index (χ3v) is 4.54. The molecule has 6 heteroatoms. The van der Waals surface area contributed by atoms with Gasteiger partial charge in [-0.1, -0.05) is 0 Å². The molecular formula is C14H20N2O3S. The van der Waals surface area contributed by atoms with Gasteiger partial charge >= 0.3 is 5.97 Å². The van der Waals surface area contributed by atoms with Gasteiger partial charge in [-0.25, -0.2) is 0 Å². The van der Waals surface area contributed by atoms with Gasteiger partial charge < -0.3 is 10.0 Å². The molecule has 0 aromatic carbocycles. The fraction of sp³-hybridized carbons (Fsp3) is 0.571. The Morgan fingerprint density at radius 3 is 2.40 bits per heavy atom. The average Bonchev–Trinajstić information content (AvgIpc) is 2.75. The molecule has 0 radical (unpaired) electrons. The Hall–Kier alpha value is -1.40. The van der Waals surface area contributed by atoms with Gasteiger partial charge in [0.15, 0.2) is 0 Å². The molecule has 1 aliphatic rings. The van der Waals surface area contributed by atoms with Crippen LogP contribution in [0.2, 0.25) is 0 Å². The summed E-state index contributed by atoms with van der Waals surface area (Å²) in [4.78, 5) is 29.2. The van der Waals surface area contributed by atoms with Crippen LogP contribution in [-0.4, -0.2) is 59.5 Å². The molecule has 0 aliphatic carbocycles. The largest absolute Gasteiger partial charge is 0.481 e. The molecule has 0 spiro atoms. The van der Waals surface area contributed by atoms with Crippen molar-refractivity contribution >= 4 is 23.2 Å². The highest BCUT2D eigenvalue weighted by atomic mass is 32.1. The van der Waals surface area contributed by atoms with E-state index in [0.717, 1.165) is 28.4 Å². The van der Waals surface area contributed by atoms with Crippen molar-refractivity contribution in [2.45, 2.75) is 20.3 Å². The topological polar surface area (TPSA) is 60.9 Å². The first kappa shape index (κ1) is 15.0. The molecule has 1 aliphatic heterocycles. The van der Waals surface area contributed by atoms with Gasteiger partial charge in [0.25, 0.3) is 5.91 Å². The lowest BCUT2D eigenvalue weighted by Gasteiger charge is -2.34. The number of amides is 1. The molecule has 0 unspecified atom stereocenters. The second kappa shape index (κ2) is 6.37. The predicted molar refractivity (Wildman–Crippen MR) is 78.4 cm³/mol. The van der Waals surface area contributed by atoms with Crippen molar-refractivity contribution in [1.82, 2.24) is 9.80 Å². The minimum absolute atomic E-state index is 0.102. The molecule has 0 saturated carbocycles. The van der Waals surface area contributed by atoms with E-state index in [0.29, 0.717) is 19.6 Å². The van der Waals surface area contributed by atoms with Gasteiger partial charge in [0.2, 0.25) is 0 Å². The molecule has 0 atom stereocenters. The summed E-state index contributed by atoms with van der Waals surface area (Å²) in [6.07, 6.45) is 0.163. The zero-order chi connectivity index (χ0) is 14.7. The van der Waals surface area contributed by atoms with E-state index in [9.17, 15) is 9.59 Å². The van der Waals surface area contributed by atoms with Gasteiger partial charge in [-0.05, 0) is 19.9 Å². The van der Waals surface area contributed by atoms with Gasteiger partial charge in [0.1, 0.15) is 0 Å². The number of rotatable bonds is 4. The Balaban J connectivity index is 1.89. The zero-order valence-electron chi connectivity index (χ0n) is 11.9. The van der Waals surface area contributed by atoms with Crippen LogP contribution in [0.3, 0.4) is 0 Å².